The molecule has 0 bridgehead atoms. The number of ketones is 1. The molecule has 0 aliphatic rings. The first-order chi connectivity index (χ1) is 7.87. The largest absolute Gasteiger partial charge is 0.573 e. The van der Waals surface area contributed by atoms with E-state index >= 15 is 0 Å². The fourth-order valence-electron chi connectivity index (χ4n) is 1.21. The summed E-state index contributed by atoms with van der Waals surface area (Å²) in [5.74, 6) is -0.898. The number of carbonyl (C=O) groups excluding carboxylic acids is 1. The zero-order valence-corrected chi connectivity index (χ0v) is 8.88. The molecular weight excluding hydrogens is 239 g/mol. The van der Waals surface area contributed by atoms with Gasteiger partial charge in [-0.3, -0.25) is 4.79 Å². The van der Waals surface area contributed by atoms with Crippen molar-refractivity contribution in [3.8, 4) is 11.5 Å². The lowest BCUT2D eigenvalue weighted by molar-refractivity contribution is -0.274. The first kappa shape index (κ1) is 13.3. The van der Waals surface area contributed by atoms with Crippen molar-refractivity contribution in [1.82, 2.24) is 0 Å². The molecule has 7 heteroatoms. The number of Topliss-reactive ketones (excluding diaryl/α,β-unsaturated/α-hetero) is 1. The predicted molar refractivity (Wildman–Crippen MR) is 53.1 cm³/mol. The SMILES string of the molecule is COc1cc(OC(F)(F)F)ccc1C(=O)CN. The Labute approximate surface area is 95.1 Å². The molecule has 0 unspecified atom stereocenters. The molecule has 2 N–H and O–H groups in total. The fraction of sp³-hybridized carbons (Fsp3) is 0.300. The molecule has 0 aliphatic heterocycles. The van der Waals surface area contributed by atoms with Crippen LogP contribution in [0.15, 0.2) is 18.2 Å². The van der Waals surface area contributed by atoms with Crippen molar-refractivity contribution in [1.29, 1.82) is 0 Å². The van der Waals surface area contributed by atoms with Crippen molar-refractivity contribution in [2.75, 3.05) is 13.7 Å². The van der Waals surface area contributed by atoms with Gasteiger partial charge in [0.1, 0.15) is 11.5 Å². The third-order valence-corrected chi connectivity index (χ3v) is 1.89. The smallest absolute Gasteiger partial charge is 0.496 e. The van der Waals surface area contributed by atoms with Crippen LogP contribution in [0.3, 0.4) is 0 Å². The Balaban J connectivity index is 3.04. The second kappa shape index (κ2) is 5.05. The lowest BCUT2D eigenvalue weighted by atomic mass is 10.1. The summed E-state index contributed by atoms with van der Waals surface area (Å²) in [6.45, 7) is -0.254. The van der Waals surface area contributed by atoms with Gasteiger partial charge in [-0.15, -0.1) is 13.2 Å². The maximum atomic E-state index is 12.0. The number of carbonyl (C=O) groups is 1. The summed E-state index contributed by atoms with van der Waals surface area (Å²) in [5, 5.41) is 0. The summed E-state index contributed by atoms with van der Waals surface area (Å²) in [4.78, 5) is 11.3. The number of alkyl halides is 3. The van der Waals surface area contributed by atoms with Crippen LogP contribution in [0.5, 0.6) is 11.5 Å². The normalized spacial score (nSPS) is 11.1. The van der Waals surface area contributed by atoms with Gasteiger partial charge in [0.2, 0.25) is 0 Å². The Morgan fingerprint density at radius 2 is 2.06 bits per heavy atom. The van der Waals surface area contributed by atoms with Gasteiger partial charge in [0, 0.05) is 6.07 Å². The highest BCUT2D eigenvalue weighted by molar-refractivity contribution is 6.00. The molecule has 0 aromatic heterocycles. The Morgan fingerprint density at radius 3 is 2.53 bits per heavy atom. The van der Waals surface area contributed by atoms with Crippen molar-refractivity contribution in [2.45, 2.75) is 6.36 Å². The minimum Gasteiger partial charge on any atom is -0.496 e. The monoisotopic (exact) mass is 249 g/mol. The molecule has 0 saturated carbocycles. The number of hydrogen-bond donors (Lipinski definition) is 1. The molecule has 0 heterocycles. The van der Waals surface area contributed by atoms with Crippen LogP contribution in [-0.4, -0.2) is 25.8 Å². The Morgan fingerprint density at radius 1 is 1.41 bits per heavy atom. The Hall–Kier alpha value is -1.76. The van der Waals surface area contributed by atoms with Crippen LogP contribution in [0.2, 0.25) is 0 Å². The molecule has 0 radical (unpaired) electrons. The highest BCUT2D eigenvalue weighted by atomic mass is 19.4. The summed E-state index contributed by atoms with van der Waals surface area (Å²) in [6.07, 6.45) is -4.79. The van der Waals surface area contributed by atoms with Gasteiger partial charge in [-0.05, 0) is 12.1 Å². The van der Waals surface area contributed by atoms with Crippen molar-refractivity contribution in [3.05, 3.63) is 23.8 Å². The number of hydrogen-bond acceptors (Lipinski definition) is 4. The summed E-state index contributed by atoms with van der Waals surface area (Å²) >= 11 is 0. The summed E-state index contributed by atoms with van der Waals surface area (Å²) < 4.78 is 44.3. The van der Waals surface area contributed by atoms with Crippen LogP contribution in [0.4, 0.5) is 13.2 Å². The van der Waals surface area contributed by atoms with Gasteiger partial charge in [-0.1, -0.05) is 0 Å². The molecule has 1 aromatic rings. The number of nitrogens with two attached hydrogens (primary N) is 1. The molecule has 0 atom stereocenters. The second-order valence-electron chi connectivity index (χ2n) is 3.04. The highest BCUT2D eigenvalue weighted by Gasteiger charge is 2.31. The number of benzene rings is 1. The predicted octanol–water partition coefficient (Wildman–Crippen LogP) is 1.74. The average Bonchev–Trinajstić information content (AvgIpc) is 2.25. The highest BCUT2D eigenvalue weighted by Crippen LogP contribution is 2.29. The molecule has 0 aliphatic carbocycles. The van der Waals surface area contributed by atoms with Gasteiger partial charge in [-0.25, -0.2) is 0 Å². The number of methoxy groups -OCH3 is 1. The van der Waals surface area contributed by atoms with Crippen molar-refractivity contribution in [2.24, 2.45) is 5.73 Å². The average molecular weight is 249 g/mol. The lowest BCUT2D eigenvalue weighted by Gasteiger charge is -2.12. The van der Waals surface area contributed by atoms with Crippen molar-refractivity contribution >= 4 is 5.78 Å². The lowest BCUT2D eigenvalue weighted by Crippen LogP contribution is -2.18. The zero-order chi connectivity index (χ0) is 13.1. The number of rotatable bonds is 4. The van der Waals surface area contributed by atoms with Crippen LogP contribution < -0.4 is 15.2 Å². The van der Waals surface area contributed by atoms with Crippen LogP contribution >= 0.6 is 0 Å². The minimum atomic E-state index is -4.79. The van der Waals surface area contributed by atoms with E-state index < -0.39 is 17.9 Å². The van der Waals surface area contributed by atoms with Crippen LogP contribution in [0, 0.1) is 0 Å². The van der Waals surface area contributed by atoms with E-state index in [0.29, 0.717) is 0 Å². The Bertz CT molecular complexity index is 418. The van der Waals surface area contributed by atoms with Crippen LogP contribution in [-0.2, 0) is 0 Å². The molecule has 0 spiro atoms. The first-order valence-corrected chi connectivity index (χ1v) is 4.54. The van der Waals surface area contributed by atoms with E-state index in [-0.39, 0.29) is 17.9 Å². The maximum Gasteiger partial charge on any atom is 0.573 e. The van der Waals surface area contributed by atoms with Crippen molar-refractivity contribution in [3.63, 3.8) is 0 Å². The summed E-state index contributed by atoms with van der Waals surface area (Å²) in [7, 11) is 1.24. The van der Waals surface area contributed by atoms with Gasteiger partial charge in [0.05, 0.1) is 19.2 Å². The van der Waals surface area contributed by atoms with E-state index in [1.165, 1.54) is 13.2 Å². The first-order valence-electron chi connectivity index (χ1n) is 4.54. The summed E-state index contributed by atoms with van der Waals surface area (Å²) in [5.41, 5.74) is 5.27. The molecule has 0 fully saturated rings. The number of ether oxygens (including phenoxy) is 2. The Kier molecular flexibility index (Phi) is 3.95. The van der Waals surface area contributed by atoms with Gasteiger partial charge < -0.3 is 15.2 Å². The molecule has 0 amide bonds. The van der Waals surface area contributed by atoms with E-state index in [1.807, 2.05) is 0 Å². The third-order valence-electron chi connectivity index (χ3n) is 1.89. The molecule has 17 heavy (non-hydrogen) atoms. The van der Waals surface area contributed by atoms with E-state index in [1.54, 1.807) is 0 Å². The second-order valence-corrected chi connectivity index (χ2v) is 3.04. The number of halogens is 3. The minimum absolute atomic E-state index is 0.0119. The van der Waals surface area contributed by atoms with E-state index in [2.05, 4.69) is 4.74 Å². The van der Waals surface area contributed by atoms with Crippen LogP contribution in [0.25, 0.3) is 0 Å². The van der Waals surface area contributed by atoms with Crippen molar-refractivity contribution < 1.29 is 27.4 Å². The fourth-order valence-corrected chi connectivity index (χ4v) is 1.21. The molecule has 4 nitrogen and oxygen atoms in total. The van der Waals surface area contributed by atoms with E-state index in [4.69, 9.17) is 10.5 Å². The molecule has 1 rings (SSSR count). The summed E-state index contributed by atoms with van der Waals surface area (Å²) in [6, 6.07) is 3.18. The molecule has 1 aromatic carbocycles. The topological polar surface area (TPSA) is 61.5 Å². The van der Waals surface area contributed by atoms with E-state index in [0.717, 1.165) is 12.1 Å². The molecular formula is C10H10F3NO3. The zero-order valence-electron chi connectivity index (χ0n) is 8.88. The maximum absolute atomic E-state index is 12.0. The van der Waals surface area contributed by atoms with Gasteiger partial charge in [0.25, 0.3) is 0 Å². The third kappa shape index (κ3) is 3.63. The molecule has 94 valence electrons. The quantitative estimate of drug-likeness (QED) is 0.825. The van der Waals surface area contributed by atoms with Gasteiger partial charge >= 0.3 is 6.36 Å². The van der Waals surface area contributed by atoms with Gasteiger partial charge in [-0.2, -0.15) is 0 Å². The van der Waals surface area contributed by atoms with Gasteiger partial charge in [0.15, 0.2) is 5.78 Å². The van der Waals surface area contributed by atoms with Crippen LogP contribution in [0.1, 0.15) is 10.4 Å². The van der Waals surface area contributed by atoms with E-state index in [9.17, 15) is 18.0 Å². The molecule has 0 saturated heterocycles. The standard InChI is InChI=1S/C10H10F3NO3/c1-16-9-4-6(17-10(11,12)13)2-3-7(9)8(15)5-14/h2-4H,5,14H2,1H3.